The number of amides is 1. The van der Waals surface area contributed by atoms with E-state index in [2.05, 4.69) is 5.48 Å². The van der Waals surface area contributed by atoms with Crippen LogP contribution < -0.4 is 16.1 Å². The number of hydrogen-bond acceptors (Lipinski definition) is 4. The van der Waals surface area contributed by atoms with E-state index in [1.807, 2.05) is 43.3 Å². The number of rotatable bonds is 6. The molecule has 0 spiro atoms. The molecule has 0 aliphatic heterocycles. The fourth-order valence-electron chi connectivity index (χ4n) is 1.17. The SMILES string of the molecule is CN(C)c1ccc(CNOCC(N)=O)cc1. The Balaban J connectivity index is 2.35. The van der Waals surface area contributed by atoms with Crippen molar-refractivity contribution in [3.05, 3.63) is 29.8 Å². The minimum Gasteiger partial charge on any atom is -0.378 e. The van der Waals surface area contributed by atoms with Crippen molar-refractivity contribution in [2.75, 3.05) is 25.6 Å². The lowest BCUT2D eigenvalue weighted by Gasteiger charge is -2.12. The van der Waals surface area contributed by atoms with Gasteiger partial charge < -0.3 is 10.6 Å². The molecule has 1 rings (SSSR count). The highest BCUT2D eigenvalue weighted by atomic mass is 16.6. The Bertz CT molecular complexity index is 336. The van der Waals surface area contributed by atoms with Crippen LogP contribution in [0.2, 0.25) is 0 Å². The van der Waals surface area contributed by atoms with Crippen molar-refractivity contribution in [3.8, 4) is 0 Å². The predicted octanol–water partition coefficient (Wildman–Crippen LogP) is 0.259. The molecule has 0 heterocycles. The number of benzene rings is 1. The second-order valence-electron chi connectivity index (χ2n) is 3.64. The smallest absolute Gasteiger partial charge is 0.245 e. The van der Waals surface area contributed by atoms with Gasteiger partial charge in [0.1, 0.15) is 6.61 Å². The minimum atomic E-state index is -0.490. The molecule has 1 aromatic rings. The van der Waals surface area contributed by atoms with Crippen LogP contribution in [0.25, 0.3) is 0 Å². The summed E-state index contributed by atoms with van der Waals surface area (Å²) >= 11 is 0. The molecule has 0 saturated heterocycles. The van der Waals surface area contributed by atoms with Gasteiger partial charge in [-0.05, 0) is 17.7 Å². The maximum atomic E-state index is 10.4. The Morgan fingerprint density at radius 3 is 2.50 bits per heavy atom. The van der Waals surface area contributed by atoms with Gasteiger partial charge in [-0.15, -0.1) is 0 Å². The molecule has 0 aliphatic rings. The first kappa shape index (κ1) is 12.5. The summed E-state index contributed by atoms with van der Waals surface area (Å²) in [5.74, 6) is -0.490. The lowest BCUT2D eigenvalue weighted by atomic mass is 10.2. The van der Waals surface area contributed by atoms with Gasteiger partial charge in [0, 0.05) is 26.3 Å². The maximum absolute atomic E-state index is 10.4. The van der Waals surface area contributed by atoms with Crippen molar-refractivity contribution in [2.45, 2.75) is 6.54 Å². The van der Waals surface area contributed by atoms with Crippen LogP contribution in [0.3, 0.4) is 0 Å². The van der Waals surface area contributed by atoms with Crippen LogP contribution in [0.1, 0.15) is 5.56 Å². The summed E-state index contributed by atoms with van der Waals surface area (Å²) in [5.41, 5.74) is 9.80. The molecule has 5 nitrogen and oxygen atoms in total. The highest BCUT2D eigenvalue weighted by molar-refractivity contribution is 5.74. The van der Waals surface area contributed by atoms with Crippen molar-refractivity contribution < 1.29 is 9.63 Å². The fourth-order valence-corrected chi connectivity index (χ4v) is 1.17. The third-order valence-corrected chi connectivity index (χ3v) is 2.05. The Hall–Kier alpha value is -1.59. The van der Waals surface area contributed by atoms with Gasteiger partial charge in [-0.3, -0.25) is 9.63 Å². The first-order chi connectivity index (χ1) is 7.59. The van der Waals surface area contributed by atoms with E-state index in [0.29, 0.717) is 6.54 Å². The van der Waals surface area contributed by atoms with E-state index in [9.17, 15) is 4.79 Å². The third kappa shape index (κ3) is 4.29. The number of nitrogens with two attached hydrogens (primary N) is 1. The molecule has 0 atom stereocenters. The van der Waals surface area contributed by atoms with E-state index in [0.717, 1.165) is 11.3 Å². The van der Waals surface area contributed by atoms with Crippen LogP contribution in [-0.2, 0) is 16.2 Å². The summed E-state index contributed by atoms with van der Waals surface area (Å²) in [5, 5.41) is 0. The van der Waals surface area contributed by atoms with Crippen LogP contribution >= 0.6 is 0 Å². The molecular formula is C11H17N3O2. The second kappa shape index (κ2) is 6.09. The fraction of sp³-hybridized carbons (Fsp3) is 0.364. The summed E-state index contributed by atoms with van der Waals surface area (Å²) in [4.78, 5) is 17.3. The normalized spacial score (nSPS) is 10.1. The summed E-state index contributed by atoms with van der Waals surface area (Å²) < 4.78 is 0. The van der Waals surface area contributed by atoms with E-state index in [1.165, 1.54) is 0 Å². The predicted molar refractivity (Wildman–Crippen MR) is 62.8 cm³/mol. The Kier molecular flexibility index (Phi) is 4.75. The summed E-state index contributed by atoms with van der Waals surface area (Å²) in [7, 11) is 3.98. The van der Waals surface area contributed by atoms with Crippen LogP contribution in [0, 0.1) is 0 Å². The van der Waals surface area contributed by atoms with Crippen molar-refractivity contribution >= 4 is 11.6 Å². The number of carbonyl (C=O) groups is 1. The first-order valence-electron chi connectivity index (χ1n) is 4.99. The highest BCUT2D eigenvalue weighted by Gasteiger charge is 1.97. The molecule has 0 bridgehead atoms. The number of nitrogens with one attached hydrogen (secondary N) is 1. The van der Waals surface area contributed by atoms with Crippen LogP contribution in [-0.4, -0.2) is 26.6 Å². The van der Waals surface area contributed by atoms with Gasteiger partial charge in [-0.25, -0.2) is 0 Å². The van der Waals surface area contributed by atoms with E-state index in [1.54, 1.807) is 0 Å². The van der Waals surface area contributed by atoms with Crippen molar-refractivity contribution in [1.29, 1.82) is 0 Å². The molecular weight excluding hydrogens is 206 g/mol. The Morgan fingerprint density at radius 1 is 1.38 bits per heavy atom. The van der Waals surface area contributed by atoms with Gasteiger partial charge in [0.15, 0.2) is 0 Å². The summed E-state index contributed by atoms with van der Waals surface area (Å²) in [6, 6.07) is 8.03. The molecule has 3 N–H and O–H groups in total. The first-order valence-corrected chi connectivity index (χ1v) is 4.99. The minimum absolute atomic E-state index is 0.115. The Morgan fingerprint density at radius 2 is 2.00 bits per heavy atom. The lowest BCUT2D eigenvalue weighted by molar-refractivity contribution is -0.125. The van der Waals surface area contributed by atoms with Gasteiger partial charge in [0.05, 0.1) is 0 Å². The molecule has 88 valence electrons. The van der Waals surface area contributed by atoms with E-state index in [-0.39, 0.29) is 6.61 Å². The molecule has 0 radical (unpaired) electrons. The van der Waals surface area contributed by atoms with Gasteiger partial charge in [-0.2, -0.15) is 5.48 Å². The topological polar surface area (TPSA) is 67.6 Å². The van der Waals surface area contributed by atoms with Gasteiger partial charge in [0.2, 0.25) is 5.91 Å². The zero-order chi connectivity index (χ0) is 12.0. The van der Waals surface area contributed by atoms with Crippen LogP contribution in [0.15, 0.2) is 24.3 Å². The quantitative estimate of drug-likeness (QED) is 0.536. The Labute approximate surface area is 95.1 Å². The molecule has 0 fully saturated rings. The van der Waals surface area contributed by atoms with Crippen molar-refractivity contribution in [1.82, 2.24) is 5.48 Å². The molecule has 0 unspecified atom stereocenters. The summed E-state index contributed by atoms with van der Waals surface area (Å²) in [6.45, 7) is 0.427. The number of hydrogen-bond donors (Lipinski definition) is 2. The molecule has 0 aromatic heterocycles. The number of primary amides is 1. The highest BCUT2D eigenvalue weighted by Crippen LogP contribution is 2.11. The average Bonchev–Trinajstić information content (AvgIpc) is 2.25. The second-order valence-corrected chi connectivity index (χ2v) is 3.64. The van der Waals surface area contributed by atoms with Crippen molar-refractivity contribution in [2.24, 2.45) is 5.73 Å². The third-order valence-electron chi connectivity index (χ3n) is 2.05. The van der Waals surface area contributed by atoms with E-state index in [4.69, 9.17) is 10.6 Å². The number of anilines is 1. The molecule has 1 aromatic carbocycles. The van der Waals surface area contributed by atoms with Crippen LogP contribution in [0.4, 0.5) is 5.69 Å². The molecule has 5 heteroatoms. The number of hydroxylamine groups is 1. The lowest BCUT2D eigenvalue weighted by Crippen LogP contribution is -2.24. The monoisotopic (exact) mass is 223 g/mol. The zero-order valence-corrected chi connectivity index (χ0v) is 9.56. The number of carbonyl (C=O) groups excluding carboxylic acids is 1. The van der Waals surface area contributed by atoms with E-state index >= 15 is 0 Å². The standard InChI is InChI=1S/C11H17N3O2/c1-14(2)10-5-3-9(4-6-10)7-13-16-8-11(12)15/h3-6,13H,7-8H2,1-2H3,(H2,12,15). The van der Waals surface area contributed by atoms with Gasteiger partial charge in [0.25, 0.3) is 0 Å². The van der Waals surface area contributed by atoms with Crippen LogP contribution in [0.5, 0.6) is 0 Å². The molecule has 16 heavy (non-hydrogen) atoms. The van der Waals surface area contributed by atoms with Gasteiger partial charge >= 0.3 is 0 Å². The molecule has 0 saturated carbocycles. The molecule has 1 amide bonds. The average molecular weight is 223 g/mol. The maximum Gasteiger partial charge on any atom is 0.245 e. The number of nitrogens with zero attached hydrogens (tertiary/aromatic N) is 1. The molecule has 0 aliphatic carbocycles. The largest absolute Gasteiger partial charge is 0.378 e. The van der Waals surface area contributed by atoms with E-state index < -0.39 is 5.91 Å². The summed E-state index contributed by atoms with van der Waals surface area (Å²) in [6.07, 6.45) is 0. The van der Waals surface area contributed by atoms with Crippen molar-refractivity contribution in [3.63, 3.8) is 0 Å². The zero-order valence-electron chi connectivity index (χ0n) is 9.56. The van der Waals surface area contributed by atoms with Gasteiger partial charge in [-0.1, -0.05) is 12.1 Å².